The number of hydrogen-bond donors (Lipinski definition) is 1. The van der Waals surface area contributed by atoms with Crippen molar-refractivity contribution in [3.05, 3.63) is 35.1 Å². The summed E-state index contributed by atoms with van der Waals surface area (Å²) in [4.78, 5) is 2.18. The van der Waals surface area contributed by atoms with Crippen molar-refractivity contribution in [2.24, 2.45) is 5.73 Å². The Morgan fingerprint density at radius 3 is 2.67 bits per heavy atom. The first-order valence-corrected chi connectivity index (χ1v) is 7.21. The van der Waals surface area contributed by atoms with Gasteiger partial charge in [0.1, 0.15) is 10.8 Å². The normalized spacial score (nSPS) is 12.6. The quantitative estimate of drug-likeness (QED) is 0.706. The Kier molecular flexibility index (Phi) is 7.74. The molecule has 0 aliphatic heterocycles. The van der Waals surface area contributed by atoms with Gasteiger partial charge in [-0.1, -0.05) is 24.4 Å². The summed E-state index contributed by atoms with van der Waals surface area (Å²) in [6.45, 7) is 4.33. The van der Waals surface area contributed by atoms with Gasteiger partial charge in [-0.15, -0.1) is 0 Å². The molecule has 0 saturated heterocycles. The predicted octanol–water partition coefficient (Wildman–Crippen LogP) is 1.94. The van der Waals surface area contributed by atoms with Crippen molar-refractivity contribution in [1.82, 2.24) is 4.90 Å². The molecule has 0 aromatic heterocycles. The van der Waals surface area contributed by atoms with Gasteiger partial charge in [0.15, 0.2) is 0 Å². The van der Waals surface area contributed by atoms with E-state index in [2.05, 4.69) is 4.90 Å². The molecule has 1 atom stereocenters. The summed E-state index contributed by atoms with van der Waals surface area (Å²) in [6.07, 6.45) is 0. The fourth-order valence-electron chi connectivity index (χ4n) is 2.12. The summed E-state index contributed by atoms with van der Waals surface area (Å²) >= 11 is 4.87. The van der Waals surface area contributed by atoms with Crippen molar-refractivity contribution in [3.63, 3.8) is 0 Å². The van der Waals surface area contributed by atoms with Crippen LogP contribution in [0.3, 0.4) is 0 Å². The lowest BCUT2D eigenvalue weighted by atomic mass is 10.1. The molecule has 6 heteroatoms. The zero-order valence-electron chi connectivity index (χ0n) is 12.8. The first kappa shape index (κ1) is 18.0. The van der Waals surface area contributed by atoms with Crippen LogP contribution in [0.15, 0.2) is 18.2 Å². The maximum atomic E-state index is 14.4. The highest BCUT2D eigenvalue weighted by atomic mass is 32.1. The maximum absolute atomic E-state index is 14.4. The van der Waals surface area contributed by atoms with Crippen LogP contribution in [-0.2, 0) is 16.0 Å². The second-order valence-corrected chi connectivity index (χ2v) is 5.35. The lowest BCUT2D eigenvalue weighted by Crippen LogP contribution is -2.38. The molecule has 2 N–H and O–H groups in total. The maximum Gasteiger partial charge on any atom is 0.137 e. The average molecular weight is 314 g/mol. The van der Waals surface area contributed by atoms with Crippen LogP contribution in [0.25, 0.3) is 0 Å². The first-order chi connectivity index (χ1) is 10.0. The van der Waals surface area contributed by atoms with E-state index in [4.69, 9.17) is 27.4 Å². The number of hydrogen-bond acceptors (Lipinski definition) is 4. The molecule has 0 heterocycles. The van der Waals surface area contributed by atoms with Gasteiger partial charge in [-0.05, 0) is 13.0 Å². The standard InChI is InChI=1S/C15H23FN2O2S/c1-11(10-20-3)18(7-8-19-2)9-12-5-4-6-13(14(12)16)15(17)21/h4-6,11H,7-10H2,1-3H3,(H2,17,21). The molecule has 0 bridgehead atoms. The molecule has 1 aromatic rings. The average Bonchev–Trinajstić information content (AvgIpc) is 2.44. The van der Waals surface area contributed by atoms with Crippen molar-refractivity contribution in [3.8, 4) is 0 Å². The second-order valence-electron chi connectivity index (χ2n) is 4.91. The van der Waals surface area contributed by atoms with Crippen LogP contribution in [0.2, 0.25) is 0 Å². The number of methoxy groups -OCH3 is 2. The minimum absolute atomic E-state index is 0.0720. The fraction of sp³-hybridized carbons (Fsp3) is 0.533. The van der Waals surface area contributed by atoms with E-state index in [9.17, 15) is 4.39 Å². The Morgan fingerprint density at radius 1 is 1.38 bits per heavy atom. The van der Waals surface area contributed by atoms with E-state index in [0.717, 1.165) is 0 Å². The van der Waals surface area contributed by atoms with E-state index in [1.165, 1.54) is 0 Å². The van der Waals surface area contributed by atoms with Gasteiger partial charge < -0.3 is 15.2 Å². The summed E-state index contributed by atoms with van der Waals surface area (Å²) in [6, 6.07) is 5.26. The lowest BCUT2D eigenvalue weighted by Gasteiger charge is -2.28. The number of rotatable bonds is 9. The third-order valence-corrected chi connectivity index (χ3v) is 3.55. The molecule has 0 spiro atoms. The van der Waals surface area contributed by atoms with E-state index in [0.29, 0.717) is 31.9 Å². The molecule has 118 valence electrons. The van der Waals surface area contributed by atoms with E-state index in [1.807, 2.05) is 6.92 Å². The van der Waals surface area contributed by atoms with Gasteiger partial charge in [-0.3, -0.25) is 4.90 Å². The summed E-state index contributed by atoms with van der Waals surface area (Å²) < 4.78 is 24.7. The third kappa shape index (κ3) is 5.32. The Morgan fingerprint density at radius 2 is 2.10 bits per heavy atom. The van der Waals surface area contributed by atoms with Crippen LogP contribution >= 0.6 is 12.2 Å². The van der Waals surface area contributed by atoms with Gasteiger partial charge in [0.2, 0.25) is 0 Å². The van der Waals surface area contributed by atoms with Crippen LogP contribution in [0, 0.1) is 5.82 Å². The van der Waals surface area contributed by atoms with Crippen LogP contribution in [0.1, 0.15) is 18.1 Å². The van der Waals surface area contributed by atoms with Crippen molar-refractivity contribution in [2.75, 3.05) is 34.0 Å². The second kappa shape index (κ2) is 9.04. The summed E-state index contributed by atoms with van der Waals surface area (Å²) in [5.74, 6) is -0.350. The Bertz CT molecular complexity index is 471. The Labute approximate surface area is 131 Å². The van der Waals surface area contributed by atoms with Gasteiger partial charge >= 0.3 is 0 Å². The van der Waals surface area contributed by atoms with E-state index >= 15 is 0 Å². The summed E-state index contributed by atoms with van der Waals surface area (Å²) in [5.41, 5.74) is 6.39. The molecular formula is C15H23FN2O2S. The largest absolute Gasteiger partial charge is 0.389 e. The minimum Gasteiger partial charge on any atom is -0.389 e. The smallest absolute Gasteiger partial charge is 0.137 e. The highest BCUT2D eigenvalue weighted by molar-refractivity contribution is 7.80. The van der Waals surface area contributed by atoms with Crippen molar-refractivity contribution in [2.45, 2.75) is 19.5 Å². The van der Waals surface area contributed by atoms with Crippen LogP contribution < -0.4 is 5.73 Å². The Hall–Kier alpha value is -1.08. The number of nitrogens with two attached hydrogens (primary N) is 1. The lowest BCUT2D eigenvalue weighted by molar-refractivity contribution is 0.0698. The number of halogens is 1. The Balaban J connectivity index is 2.92. The van der Waals surface area contributed by atoms with Gasteiger partial charge in [0.05, 0.1) is 13.2 Å². The summed E-state index contributed by atoms with van der Waals surface area (Å²) in [7, 11) is 3.30. The highest BCUT2D eigenvalue weighted by Crippen LogP contribution is 2.16. The molecule has 4 nitrogen and oxygen atoms in total. The zero-order chi connectivity index (χ0) is 15.8. The highest BCUT2D eigenvalue weighted by Gasteiger charge is 2.17. The molecular weight excluding hydrogens is 291 g/mol. The van der Waals surface area contributed by atoms with Crippen LogP contribution in [0.5, 0.6) is 0 Å². The van der Waals surface area contributed by atoms with E-state index < -0.39 is 0 Å². The molecule has 0 aliphatic rings. The molecule has 1 unspecified atom stereocenters. The summed E-state index contributed by atoms with van der Waals surface area (Å²) in [5, 5.41) is 0. The first-order valence-electron chi connectivity index (χ1n) is 6.80. The number of benzene rings is 1. The predicted molar refractivity (Wildman–Crippen MR) is 85.9 cm³/mol. The van der Waals surface area contributed by atoms with Gasteiger partial charge in [-0.2, -0.15) is 0 Å². The fourth-order valence-corrected chi connectivity index (χ4v) is 2.28. The van der Waals surface area contributed by atoms with Crippen molar-refractivity contribution in [1.29, 1.82) is 0 Å². The zero-order valence-corrected chi connectivity index (χ0v) is 13.6. The monoisotopic (exact) mass is 314 g/mol. The van der Waals surface area contributed by atoms with Gasteiger partial charge in [0, 0.05) is 44.5 Å². The molecule has 1 aromatic carbocycles. The van der Waals surface area contributed by atoms with Gasteiger partial charge in [0.25, 0.3) is 0 Å². The minimum atomic E-state index is -0.350. The molecule has 0 amide bonds. The molecule has 0 fully saturated rings. The van der Waals surface area contributed by atoms with Crippen LogP contribution in [0.4, 0.5) is 4.39 Å². The molecule has 1 rings (SSSR count). The molecule has 0 radical (unpaired) electrons. The van der Waals surface area contributed by atoms with Crippen molar-refractivity contribution >= 4 is 17.2 Å². The van der Waals surface area contributed by atoms with E-state index in [1.54, 1.807) is 32.4 Å². The topological polar surface area (TPSA) is 47.7 Å². The third-order valence-electron chi connectivity index (χ3n) is 3.33. The number of ether oxygens (including phenoxy) is 2. The number of nitrogens with zero attached hydrogens (tertiary/aromatic N) is 1. The molecule has 0 saturated carbocycles. The SMILES string of the molecule is COCCN(Cc1cccc(C(N)=S)c1F)C(C)COC. The van der Waals surface area contributed by atoms with Gasteiger partial charge in [-0.25, -0.2) is 4.39 Å². The van der Waals surface area contributed by atoms with E-state index in [-0.39, 0.29) is 22.4 Å². The van der Waals surface area contributed by atoms with Crippen LogP contribution in [-0.4, -0.2) is 49.9 Å². The molecule has 0 aliphatic carbocycles. The molecule has 21 heavy (non-hydrogen) atoms. The van der Waals surface area contributed by atoms with Crippen molar-refractivity contribution < 1.29 is 13.9 Å². The number of thiocarbonyl (C=S) groups is 1.